The monoisotopic (exact) mass is 287 g/mol. The first-order chi connectivity index (χ1) is 9.75. The molecule has 3 heteroatoms. The van der Waals surface area contributed by atoms with Gasteiger partial charge in [0.25, 0.3) is 0 Å². The zero-order valence-electron chi connectivity index (χ0n) is 11.9. The average Bonchev–Trinajstić information content (AvgIpc) is 3.10. The summed E-state index contributed by atoms with van der Waals surface area (Å²) in [6.07, 6.45) is 2.36. The largest absolute Gasteiger partial charge is 0.374 e. The normalized spacial score (nSPS) is 22.2. The van der Waals surface area contributed by atoms with Crippen LogP contribution in [0.15, 0.2) is 42.5 Å². The van der Waals surface area contributed by atoms with Crippen molar-refractivity contribution in [2.24, 2.45) is 0 Å². The summed E-state index contributed by atoms with van der Waals surface area (Å²) in [5, 5.41) is 3.53. The summed E-state index contributed by atoms with van der Waals surface area (Å²) in [5.41, 5.74) is 1.34. The van der Waals surface area contributed by atoms with Gasteiger partial charge in [0.15, 0.2) is 0 Å². The molecule has 20 heavy (non-hydrogen) atoms. The van der Waals surface area contributed by atoms with E-state index in [9.17, 15) is 0 Å². The van der Waals surface area contributed by atoms with Crippen molar-refractivity contribution < 1.29 is 4.74 Å². The Morgan fingerprint density at radius 1 is 1.20 bits per heavy atom. The van der Waals surface area contributed by atoms with Gasteiger partial charge in [0, 0.05) is 29.5 Å². The lowest BCUT2D eigenvalue weighted by molar-refractivity contribution is 0.0207. The van der Waals surface area contributed by atoms with Gasteiger partial charge in [-0.1, -0.05) is 30.3 Å². The van der Waals surface area contributed by atoms with Gasteiger partial charge >= 0.3 is 0 Å². The summed E-state index contributed by atoms with van der Waals surface area (Å²) in [6, 6.07) is 15.0. The lowest BCUT2D eigenvalue weighted by Crippen LogP contribution is -2.36. The van der Waals surface area contributed by atoms with Gasteiger partial charge in [-0.05, 0) is 37.5 Å². The zero-order valence-corrected chi connectivity index (χ0v) is 12.7. The summed E-state index contributed by atoms with van der Waals surface area (Å²) >= 11 is 1.86. The van der Waals surface area contributed by atoms with E-state index in [0.29, 0.717) is 0 Å². The van der Waals surface area contributed by atoms with Gasteiger partial charge in [0.05, 0.1) is 5.60 Å². The van der Waals surface area contributed by atoms with Crippen LogP contribution in [0.5, 0.6) is 0 Å². The quantitative estimate of drug-likeness (QED) is 0.895. The van der Waals surface area contributed by atoms with E-state index >= 15 is 0 Å². The number of rotatable bonds is 5. The molecule has 1 aromatic carbocycles. The van der Waals surface area contributed by atoms with Gasteiger partial charge in [0.2, 0.25) is 0 Å². The molecule has 0 aliphatic carbocycles. The fourth-order valence-corrected chi connectivity index (χ4v) is 3.64. The van der Waals surface area contributed by atoms with Crippen LogP contribution in [0.4, 0.5) is 0 Å². The maximum atomic E-state index is 5.79. The molecule has 1 saturated heterocycles. The number of hydrogen-bond donors (Lipinski definition) is 1. The molecule has 0 radical (unpaired) electrons. The van der Waals surface area contributed by atoms with Crippen molar-refractivity contribution in [1.29, 1.82) is 0 Å². The summed E-state index contributed by atoms with van der Waals surface area (Å²) in [7, 11) is 0. The Balaban J connectivity index is 1.55. The molecule has 1 N–H and O–H groups in total. The molecule has 0 bridgehead atoms. The molecular weight excluding hydrogens is 266 g/mol. The Labute approximate surface area is 124 Å². The van der Waals surface area contributed by atoms with E-state index in [2.05, 4.69) is 54.7 Å². The van der Waals surface area contributed by atoms with E-state index in [1.807, 2.05) is 11.3 Å². The van der Waals surface area contributed by atoms with Crippen molar-refractivity contribution in [3.8, 4) is 10.4 Å². The maximum Gasteiger partial charge on any atom is 0.0779 e. The van der Waals surface area contributed by atoms with Crippen LogP contribution >= 0.6 is 11.3 Å². The van der Waals surface area contributed by atoms with Crippen molar-refractivity contribution in [1.82, 2.24) is 5.32 Å². The highest BCUT2D eigenvalue weighted by molar-refractivity contribution is 7.15. The Kier molecular flexibility index (Phi) is 4.20. The number of hydrogen-bond acceptors (Lipinski definition) is 3. The standard InChI is InChI=1S/C17H21NOS/c1-17(10-5-11-19-17)13-18-12-15-8-9-16(20-15)14-6-3-2-4-7-14/h2-4,6-9,18H,5,10-13H2,1H3. The fraction of sp³-hybridized carbons (Fsp3) is 0.412. The molecule has 1 unspecified atom stereocenters. The van der Waals surface area contributed by atoms with Gasteiger partial charge in [-0.2, -0.15) is 0 Å². The minimum absolute atomic E-state index is 0.0412. The predicted octanol–water partition coefficient (Wildman–Crippen LogP) is 4.07. The summed E-state index contributed by atoms with van der Waals surface area (Å²) in [4.78, 5) is 2.72. The fourth-order valence-electron chi connectivity index (χ4n) is 2.66. The molecule has 1 aromatic heterocycles. The third-order valence-electron chi connectivity index (χ3n) is 3.82. The zero-order chi connectivity index (χ0) is 13.8. The molecule has 1 aliphatic rings. The Hall–Kier alpha value is -1.16. The number of nitrogens with one attached hydrogen (secondary N) is 1. The van der Waals surface area contributed by atoms with Crippen LogP contribution in [0.2, 0.25) is 0 Å². The average molecular weight is 287 g/mol. The van der Waals surface area contributed by atoms with E-state index in [0.717, 1.165) is 19.7 Å². The van der Waals surface area contributed by atoms with Gasteiger partial charge in [-0.15, -0.1) is 11.3 Å². The second-order valence-electron chi connectivity index (χ2n) is 5.64. The smallest absolute Gasteiger partial charge is 0.0779 e. The van der Waals surface area contributed by atoms with Crippen molar-refractivity contribution >= 4 is 11.3 Å². The highest BCUT2D eigenvalue weighted by Gasteiger charge is 2.28. The van der Waals surface area contributed by atoms with Crippen molar-refractivity contribution in [2.45, 2.75) is 31.9 Å². The Morgan fingerprint density at radius 3 is 2.80 bits per heavy atom. The minimum atomic E-state index is 0.0412. The lowest BCUT2D eigenvalue weighted by atomic mass is 10.0. The van der Waals surface area contributed by atoms with Crippen LogP contribution in [0, 0.1) is 0 Å². The third kappa shape index (κ3) is 3.29. The molecule has 3 rings (SSSR count). The second kappa shape index (κ2) is 6.08. The van der Waals surface area contributed by atoms with E-state index < -0.39 is 0 Å². The van der Waals surface area contributed by atoms with Crippen LogP contribution in [-0.4, -0.2) is 18.8 Å². The molecule has 2 heterocycles. The maximum absolute atomic E-state index is 5.79. The Morgan fingerprint density at radius 2 is 2.05 bits per heavy atom. The van der Waals surface area contributed by atoms with E-state index in [-0.39, 0.29) is 5.60 Å². The highest BCUT2D eigenvalue weighted by Crippen LogP contribution is 2.28. The van der Waals surface area contributed by atoms with Crippen molar-refractivity contribution in [2.75, 3.05) is 13.2 Å². The van der Waals surface area contributed by atoms with Crippen LogP contribution in [0.25, 0.3) is 10.4 Å². The van der Waals surface area contributed by atoms with Crippen LogP contribution in [0.1, 0.15) is 24.6 Å². The molecule has 0 saturated carbocycles. The number of thiophene rings is 1. The van der Waals surface area contributed by atoms with Crippen LogP contribution in [0.3, 0.4) is 0 Å². The molecule has 2 nitrogen and oxygen atoms in total. The van der Waals surface area contributed by atoms with Gasteiger partial charge < -0.3 is 10.1 Å². The first-order valence-corrected chi connectivity index (χ1v) is 8.06. The highest BCUT2D eigenvalue weighted by atomic mass is 32.1. The minimum Gasteiger partial charge on any atom is -0.374 e. The van der Waals surface area contributed by atoms with E-state index in [4.69, 9.17) is 4.74 Å². The SMILES string of the molecule is CC1(CNCc2ccc(-c3ccccc3)s2)CCCO1. The van der Waals surface area contributed by atoms with Crippen molar-refractivity contribution in [3.05, 3.63) is 47.3 Å². The Bertz CT molecular complexity index is 543. The summed E-state index contributed by atoms with van der Waals surface area (Å²) in [6.45, 7) is 4.98. The van der Waals surface area contributed by atoms with Gasteiger partial charge in [-0.25, -0.2) is 0 Å². The molecular formula is C17H21NOS. The van der Waals surface area contributed by atoms with Crippen LogP contribution < -0.4 is 5.32 Å². The topological polar surface area (TPSA) is 21.3 Å². The third-order valence-corrected chi connectivity index (χ3v) is 4.95. The summed E-state index contributed by atoms with van der Waals surface area (Å²) in [5.74, 6) is 0. The predicted molar refractivity (Wildman–Crippen MR) is 85.1 cm³/mol. The van der Waals surface area contributed by atoms with Gasteiger partial charge in [-0.3, -0.25) is 0 Å². The molecule has 1 atom stereocenters. The van der Waals surface area contributed by atoms with E-state index in [1.54, 1.807) is 0 Å². The second-order valence-corrected chi connectivity index (χ2v) is 6.81. The number of ether oxygens (including phenoxy) is 1. The summed E-state index contributed by atoms with van der Waals surface area (Å²) < 4.78 is 5.79. The molecule has 2 aromatic rings. The molecule has 0 spiro atoms. The van der Waals surface area contributed by atoms with Crippen molar-refractivity contribution in [3.63, 3.8) is 0 Å². The van der Waals surface area contributed by atoms with E-state index in [1.165, 1.54) is 28.2 Å². The van der Waals surface area contributed by atoms with Crippen LogP contribution in [-0.2, 0) is 11.3 Å². The van der Waals surface area contributed by atoms with Gasteiger partial charge in [0.1, 0.15) is 0 Å². The molecule has 0 amide bonds. The number of benzene rings is 1. The lowest BCUT2D eigenvalue weighted by Gasteiger charge is -2.23. The molecule has 1 aliphatic heterocycles. The molecule has 1 fully saturated rings. The first kappa shape index (κ1) is 13.8. The molecule has 106 valence electrons. The first-order valence-electron chi connectivity index (χ1n) is 7.24.